The molecule has 2 rings (SSSR count). The standard InChI is InChI=1S/C13H9BrN2O2S/c1-2-9-4-3-5-10(13(14)17)11(9)8-18-12-6-7-16(19)15-12/h1,3-7,19H,8H2. The summed E-state index contributed by atoms with van der Waals surface area (Å²) in [4.78, 5) is 11.5. The number of thiol groups is 1. The summed E-state index contributed by atoms with van der Waals surface area (Å²) >= 11 is 6.94. The van der Waals surface area contributed by atoms with Crippen molar-refractivity contribution in [3.63, 3.8) is 0 Å². The molecule has 6 heteroatoms. The second kappa shape index (κ2) is 5.95. The average Bonchev–Trinajstić information content (AvgIpc) is 2.81. The van der Waals surface area contributed by atoms with Gasteiger partial charge in [-0.2, -0.15) is 0 Å². The van der Waals surface area contributed by atoms with Crippen molar-refractivity contribution in [1.29, 1.82) is 0 Å². The largest absolute Gasteiger partial charge is 0.472 e. The van der Waals surface area contributed by atoms with Crippen LogP contribution in [0.4, 0.5) is 0 Å². The molecule has 0 aliphatic carbocycles. The first-order valence-electron chi connectivity index (χ1n) is 5.28. The van der Waals surface area contributed by atoms with Gasteiger partial charge in [0.1, 0.15) is 6.61 Å². The molecule has 0 aliphatic heterocycles. The molecule has 96 valence electrons. The monoisotopic (exact) mass is 336 g/mol. The van der Waals surface area contributed by atoms with E-state index in [1.54, 1.807) is 30.5 Å². The zero-order chi connectivity index (χ0) is 13.8. The average molecular weight is 337 g/mol. The molecule has 1 aromatic heterocycles. The fraction of sp³-hybridized carbons (Fsp3) is 0.0769. The van der Waals surface area contributed by atoms with E-state index in [-0.39, 0.29) is 11.3 Å². The molecule has 0 N–H and O–H groups in total. The summed E-state index contributed by atoms with van der Waals surface area (Å²) in [5.41, 5.74) is 1.76. The predicted molar refractivity (Wildman–Crippen MR) is 78.6 cm³/mol. The van der Waals surface area contributed by atoms with E-state index in [1.165, 1.54) is 4.09 Å². The van der Waals surface area contributed by atoms with Crippen LogP contribution in [-0.4, -0.2) is 13.9 Å². The van der Waals surface area contributed by atoms with Crippen molar-refractivity contribution < 1.29 is 9.53 Å². The quantitative estimate of drug-likeness (QED) is 0.530. The third kappa shape index (κ3) is 3.19. The second-order valence-corrected chi connectivity index (χ2v) is 4.74. The molecule has 0 saturated heterocycles. The molecule has 0 fully saturated rings. The Balaban J connectivity index is 2.28. The highest BCUT2D eigenvalue weighted by Gasteiger charge is 2.13. The highest BCUT2D eigenvalue weighted by atomic mass is 79.9. The number of aromatic nitrogens is 2. The van der Waals surface area contributed by atoms with Crippen LogP contribution in [0.1, 0.15) is 21.5 Å². The molecule has 0 aliphatic rings. The van der Waals surface area contributed by atoms with Crippen LogP contribution in [0.3, 0.4) is 0 Å². The summed E-state index contributed by atoms with van der Waals surface area (Å²) < 4.78 is 6.60. The summed E-state index contributed by atoms with van der Waals surface area (Å²) in [6.07, 6.45) is 7.07. The van der Waals surface area contributed by atoms with Crippen LogP contribution in [0.2, 0.25) is 0 Å². The lowest BCUT2D eigenvalue weighted by Gasteiger charge is -2.09. The van der Waals surface area contributed by atoms with E-state index in [9.17, 15) is 4.79 Å². The van der Waals surface area contributed by atoms with Crippen LogP contribution in [0.5, 0.6) is 5.88 Å². The zero-order valence-electron chi connectivity index (χ0n) is 9.71. The van der Waals surface area contributed by atoms with Gasteiger partial charge in [-0.3, -0.25) is 4.79 Å². The number of terminal acetylenes is 1. The van der Waals surface area contributed by atoms with E-state index < -0.39 is 0 Å². The Kier molecular flexibility index (Phi) is 4.30. The lowest BCUT2D eigenvalue weighted by molar-refractivity contribution is 0.109. The first-order chi connectivity index (χ1) is 9.11. The van der Waals surface area contributed by atoms with Crippen LogP contribution in [0.25, 0.3) is 0 Å². The van der Waals surface area contributed by atoms with Gasteiger partial charge in [-0.15, -0.1) is 11.5 Å². The van der Waals surface area contributed by atoms with Crippen molar-refractivity contribution in [3.8, 4) is 18.2 Å². The molecule has 2 aromatic rings. The predicted octanol–water partition coefficient (Wildman–Crippen LogP) is 2.67. The van der Waals surface area contributed by atoms with Gasteiger partial charge in [-0.1, -0.05) is 12.0 Å². The highest BCUT2D eigenvalue weighted by Crippen LogP contribution is 2.19. The van der Waals surface area contributed by atoms with Gasteiger partial charge in [0.25, 0.3) is 0 Å². The van der Waals surface area contributed by atoms with E-state index in [1.807, 2.05) is 0 Å². The van der Waals surface area contributed by atoms with Crippen LogP contribution >= 0.6 is 28.7 Å². The second-order valence-electron chi connectivity index (χ2n) is 3.61. The molecule has 0 bridgehead atoms. The SMILES string of the molecule is C#Cc1cccc(C(=O)Br)c1COc1ccn(S)n1. The van der Waals surface area contributed by atoms with Crippen molar-refractivity contribution in [1.82, 2.24) is 9.19 Å². The fourth-order valence-corrected chi connectivity index (χ4v) is 2.11. The first-order valence-corrected chi connectivity index (χ1v) is 6.47. The number of ether oxygens (including phenoxy) is 1. The number of halogens is 1. The summed E-state index contributed by atoms with van der Waals surface area (Å²) in [5, 5.41) is 3.97. The molecule has 0 saturated carbocycles. The Bertz CT molecular complexity index is 661. The lowest BCUT2D eigenvalue weighted by atomic mass is 10.0. The van der Waals surface area contributed by atoms with E-state index in [4.69, 9.17) is 11.2 Å². The van der Waals surface area contributed by atoms with Crippen LogP contribution in [0.15, 0.2) is 30.5 Å². The smallest absolute Gasteiger partial charge is 0.234 e. The Labute approximate surface area is 124 Å². The lowest BCUT2D eigenvalue weighted by Crippen LogP contribution is -2.05. The summed E-state index contributed by atoms with van der Waals surface area (Å²) in [5.74, 6) is 2.95. The number of carbonyl (C=O) groups excluding carboxylic acids is 1. The molecule has 19 heavy (non-hydrogen) atoms. The van der Waals surface area contributed by atoms with Crippen molar-refractivity contribution >= 4 is 33.4 Å². The number of hydrogen-bond donors (Lipinski definition) is 1. The summed E-state index contributed by atoms with van der Waals surface area (Å²) in [7, 11) is 0. The minimum absolute atomic E-state index is 0.165. The summed E-state index contributed by atoms with van der Waals surface area (Å²) in [6, 6.07) is 6.85. The van der Waals surface area contributed by atoms with Crippen molar-refractivity contribution in [2.75, 3.05) is 0 Å². The maximum atomic E-state index is 11.5. The van der Waals surface area contributed by atoms with Crippen molar-refractivity contribution in [2.45, 2.75) is 6.61 Å². The molecule has 1 heterocycles. The molecular formula is C13H9BrN2O2S. The summed E-state index contributed by atoms with van der Waals surface area (Å²) in [6.45, 7) is 0.165. The Hall–Kier alpha value is -1.71. The third-order valence-corrected chi connectivity index (χ3v) is 3.11. The minimum Gasteiger partial charge on any atom is -0.472 e. The van der Waals surface area contributed by atoms with Gasteiger partial charge in [0, 0.05) is 29.0 Å². The topological polar surface area (TPSA) is 44.1 Å². The maximum absolute atomic E-state index is 11.5. The molecule has 4 nitrogen and oxygen atoms in total. The van der Waals surface area contributed by atoms with Gasteiger partial charge >= 0.3 is 0 Å². The van der Waals surface area contributed by atoms with E-state index in [2.05, 4.69) is 39.8 Å². The zero-order valence-corrected chi connectivity index (χ0v) is 12.2. The molecular weight excluding hydrogens is 328 g/mol. The van der Waals surface area contributed by atoms with E-state index in [0.717, 1.165) is 0 Å². The number of nitrogens with zero attached hydrogens (tertiary/aromatic N) is 2. The van der Waals surface area contributed by atoms with Crippen LogP contribution in [0, 0.1) is 12.3 Å². The minimum atomic E-state index is -0.233. The van der Waals surface area contributed by atoms with Crippen molar-refractivity contribution in [2.24, 2.45) is 0 Å². The Morgan fingerprint density at radius 3 is 2.89 bits per heavy atom. The van der Waals surface area contributed by atoms with E-state index in [0.29, 0.717) is 22.6 Å². The van der Waals surface area contributed by atoms with Gasteiger partial charge in [0.05, 0.1) is 0 Å². The first kappa shape index (κ1) is 13.7. The number of rotatable bonds is 4. The van der Waals surface area contributed by atoms with Crippen molar-refractivity contribution in [3.05, 3.63) is 47.2 Å². The normalized spacial score (nSPS) is 9.95. The molecule has 0 amide bonds. The highest BCUT2D eigenvalue weighted by molar-refractivity contribution is 9.18. The molecule has 1 aromatic carbocycles. The van der Waals surface area contributed by atoms with Gasteiger partial charge in [0.2, 0.25) is 10.6 Å². The molecule has 0 radical (unpaired) electrons. The van der Waals surface area contributed by atoms with Gasteiger partial charge in [-0.25, -0.2) is 4.09 Å². The Morgan fingerprint density at radius 2 is 2.32 bits per heavy atom. The van der Waals surface area contributed by atoms with Gasteiger partial charge < -0.3 is 4.74 Å². The number of benzene rings is 1. The molecule has 0 unspecified atom stereocenters. The van der Waals surface area contributed by atoms with Gasteiger partial charge in [-0.05, 0) is 40.9 Å². The molecule has 0 spiro atoms. The van der Waals surface area contributed by atoms with E-state index >= 15 is 0 Å². The maximum Gasteiger partial charge on any atom is 0.234 e. The van der Waals surface area contributed by atoms with Crippen LogP contribution in [-0.2, 0) is 6.61 Å². The Morgan fingerprint density at radius 1 is 1.53 bits per heavy atom. The molecule has 0 atom stereocenters. The fourth-order valence-electron chi connectivity index (χ4n) is 1.58. The van der Waals surface area contributed by atoms with Gasteiger partial charge in [0.15, 0.2) is 0 Å². The third-order valence-electron chi connectivity index (χ3n) is 2.46. The number of hydrogen-bond acceptors (Lipinski definition) is 4. The number of carbonyl (C=O) groups is 1. The van der Waals surface area contributed by atoms with Crippen LogP contribution < -0.4 is 4.74 Å².